The van der Waals surface area contributed by atoms with Gasteiger partial charge in [-0.05, 0) is 26.7 Å². The maximum atomic E-state index is 11.8. The van der Waals surface area contributed by atoms with Crippen molar-refractivity contribution in [3.8, 4) is 0 Å². The lowest BCUT2D eigenvalue weighted by atomic mass is 9.90. The van der Waals surface area contributed by atoms with Gasteiger partial charge in [-0.25, -0.2) is 4.79 Å². The first-order chi connectivity index (χ1) is 8.01. The highest BCUT2D eigenvalue weighted by molar-refractivity contribution is 5.89. The van der Waals surface area contributed by atoms with Crippen LogP contribution in [0.4, 0.5) is 0 Å². The Morgan fingerprint density at radius 2 is 2.18 bits per heavy atom. The fraction of sp³-hybridized carbons (Fsp3) is 0.692. The van der Waals surface area contributed by atoms with E-state index in [-0.39, 0.29) is 11.4 Å². The topological polar surface area (TPSA) is 44.1 Å². The van der Waals surface area contributed by atoms with Gasteiger partial charge in [-0.2, -0.15) is 5.10 Å². The number of rotatable bonds is 3. The average Bonchev–Trinajstić information content (AvgIpc) is 2.78. The molecule has 0 N–H and O–H groups in total. The first-order valence-corrected chi connectivity index (χ1v) is 6.28. The summed E-state index contributed by atoms with van der Waals surface area (Å²) in [4.78, 5) is 11.8. The summed E-state index contributed by atoms with van der Waals surface area (Å²) in [5.41, 5.74) is 2.94. The van der Waals surface area contributed by atoms with Crippen molar-refractivity contribution in [2.24, 2.45) is 0 Å². The molecule has 1 heterocycles. The van der Waals surface area contributed by atoms with Crippen molar-refractivity contribution in [1.82, 2.24) is 9.78 Å². The third kappa shape index (κ3) is 1.85. The Kier molecular flexibility index (Phi) is 2.98. The molecule has 0 aliphatic heterocycles. The SMILES string of the molecule is CCOC(=O)c1nn(CC)c2c1CCC2(C)C. The molecule has 1 aliphatic rings. The van der Waals surface area contributed by atoms with Gasteiger partial charge in [-0.1, -0.05) is 13.8 Å². The lowest BCUT2D eigenvalue weighted by molar-refractivity contribution is 0.0517. The van der Waals surface area contributed by atoms with Crippen LogP contribution in [0.3, 0.4) is 0 Å². The van der Waals surface area contributed by atoms with Crippen LogP contribution in [0, 0.1) is 0 Å². The molecule has 4 nitrogen and oxygen atoms in total. The molecule has 0 radical (unpaired) electrons. The number of aryl methyl sites for hydroxylation is 1. The van der Waals surface area contributed by atoms with Crippen LogP contribution in [0.2, 0.25) is 0 Å². The summed E-state index contributed by atoms with van der Waals surface area (Å²) in [6, 6.07) is 0. The standard InChI is InChI=1S/C13H20N2O2/c1-5-15-11-9(7-8-13(11,3)4)10(14-15)12(16)17-6-2/h5-8H2,1-4H3. The summed E-state index contributed by atoms with van der Waals surface area (Å²) in [5, 5.41) is 4.41. The number of esters is 1. The summed E-state index contributed by atoms with van der Waals surface area (Å²) in [6.07, 6.45) is 2.00. The average molecular weight is 236 g/mol. The van der Waals surface area contributed by atoms with Crippen molar-refractivity contribution >= 4 is 5.97 Å². The Morgan fingerprint density at radius 1 is 1.47 bits per heavy atom. The molecule has 1 aromatic heterocycles. The highest BCUT2D eigenvalue weighted by Gasteiger charge is 2.38. The predicted molar refractivity (Wildman–Crippen MR) is 65.2 cm³/mol. The summed E-state index contributed by atoms with van der Waals surface area (Å²) in [5.74, 6) is -0.284. The lowest BCUT2D eigenvalue weighted by Gasteiger charge is -2.19. The quantitative estimate of drug-likeness (QED) is 0.756. The van der Waals surface area contributed by atoms with Crippen LogP contribution in [0.1, 0.15) is 55.9 Å². The van der Waals surface area contributed by atoms with E-state index in [0.717, 1.165) is 24.9 Å². The third-order valence-corrected chi connectivity index (χ3v) is 3.46. The summed E-state index contributed by atoms with van der Waals surface area (Å²) in [7, 11) is 0. The molecule has 0 spiro atoms. The van der Waals surface area contributed by atoms with Crippen molar-refractivity contribution in [2.75, 3.05) is 6.61 Å². The van der Waals surface area contributed by atoms with E-state index in [9.17, 15) is 4.79 Å². The smallest absolute Gasteiger partial charge is 0.359 e. The number of fused-ring (bicyclic) bond motifs is 1. The summed E-state index contributed by atoms with van der Waals surface area (Å²) >= 11 is 0. The first-order valence-electron chi connectivity index (χ1n) is 6.28. The molecule has 1 aromatic rings. The van der Waals surface area contributed by atoms with Crippen molar-refractivity contribution in [3.05, 3.63) is 17.0 Å². The molecule has 17 heavy (non-hydrogen) atoms. The van der Waals surface area contributed by atoms with E-state index in [4.69, 9.17) is 4.74 Å². The maximum Gasteiger partial charge on any atom is 0.359 e. The Labute approximate surface area is 102 Å². The fourth-order valence-electron chi connectivity index (χ4n) is 2.64. The Hall–Kier alpha value is -1.32. The van der Waals surface area contributed by atoms with Crippen LogP contribution in [0.25, 0.3) is 0 Å². The Bertz CT molecular complexity index is 447. The molecule has 0 atom stereocenters. The van der Waals surface area contributed by atoms with Gasteiger partial charge in [0.05, 0.1) is 6.61 Å². The first kappa shape index (κ1) is 12.1. The predicted octanol–water partition coefficient (Wildman–Crippen LogP) is 2.30. The molecule has 0 amide bonds. The molecule has 1 aliphatic carbocycles. The van der Waals surface area contributed by atoms with Crippen LogP contribution in [0.15, 0.2) is 0 Å². The zero-order valence-corrected chi connectivity index (χ0v) is 11.0. The normalized spacial score (nSPS) is 16.9. The van der Waals surface area contributed by atoms with E-state index < -0.39 is 0 Å². The van der Waals surface area contributed by atoms with Gasteiger partial charge in [0.2, 0.25) is 0 Å². The molecule has 4 heteroatoms. The molecule has 94 valence electrons. The molecular weight excluding hydrogens is 216 g/mol. The lowest BCUT2D eigenvalue weighted by Crippen LogP contribution is -2.18. The molecule has 0 aromatic carbocycles. The molecule has 2 rings (SSSR count). The zero-order valence-electron chi connectivity index (χ0n) is 11.0. The van der Waals surface area contributed by atoms with Crippen LogP contribution >= 0.6 is 0 Å². The molecule has 0 unspecified atom stereocenters. The molecule has 0 bridgehead atoms. The van der Waals surface area contributed by atoms with Gasteiger partial charge in [0.1, 0.15) is 0 Å². The highest BCUT2D eigenvalue weighted by atomic mass is 16.5. The largest absolute Gasteiger partial charge is 0.461 e. The zero-order chi connectivity index (χ0) is 12.6. The summed E-state index contributed by atoms with van der Waals surface area (Å²) < 4.78 is 7.02. The van der Waals surface area contributed by atoms with E-state index in [1.165, 1.54) is 5.69 Å². The van der Waals surface area contributed by atoms with Gasteiger partial charge in [0, 0.05) is 23.2 Å². The molecule has 0 saturated carbocycles. The monoisotopic (exact) mass is 236 g/mol. The summed E-state index contributed by atoms with van der Waals surface area (Å²) in [6.45, 7) is 9.49. The minimum atomic E-state index is -0.284. The van der Waals surface area contributed by atoms with Crippen LogP contribution in [0.5, 0.6) is 0 Å². The van der Waals surface area contributed by atoms with E-state index in [2.05, 4.69) is 25.9 Å². The number of aromatic nitrogens is 2. The second kappa shape index (κ2) is 4.17. The van der Waals surface area contributed by atoms with E-state index in [1.807, 2.05) is 11.6 Å². The highest BCUT2D eigenvalue weighted by Crippen LogP contribution is 2.40. The van der Waals surface area contributed by atoms with Gasteiger partial charge < -0.3 is 4.74 Å². The Morgan fingerprint density at radius 3 is 2.76 bits per heavy atom. The van der Waals surface area contributed by atoms with Crippen molar-refractivity contribution < 1.29 is 9.53 Å². The molecular formula is C13H20N2O2. The number of carbonyl (C=O) groups excluding carboxylic acids is 1. The maximum absolute atomic E-state index is 11.8. The van der Waals surface area contributed by atoms with Gasteiger partial charge in [0.25, 0.3) is 0 Å². The van der Waals surface area contributed by atoms with Crippen LogP contribution in [-0.4, -0.2) is 22.4 Å². The molecule has 0 saturated heterocycles. The third-order valence-electron chi connectivity index (χ3n) is 3.46. The fourth-order valence-corrected chi connectivity index (χ4v) is 2.64. The second-order valence-electron chi connectivity index (χ2n) is 5.10. The Balaban J connectivity index is 2.48. The number of ether oxygens (including phenoxy) is 1. The van der Waals surface area contributed by atoms with Crippen molar-refractivity contribution in [1.29, 1.82) is 0 Å². The number of carbonyl (C=O) groups is 1. The van der Waals surface area contributed by atoms with E-state index in [1.54, 1.807) is 0 Å². The van der Waals surface area contributed by atoms with Gasteiger partial charge in [-0.15, -0.1) is 0 Å². The van der Waals surface area contributed by atoms with E-state index in [0.29, 0.717) is 12.3 Å². The minimum absolute atomic E-state index is 0.114. The van der Waals surface area contributed by atoms with Crippen LogP contribution in [-0.2, 0) is 23.1 Å². The number of hydrogen-bond donors (Lipinski definition) is 0. The second-order valence-corrected chi connectivity index (χ2v) is 5.10. The van der Waals surface area contributed by atoms with E-state index >= 15 is 0 Å². The van der Waals surface area contributed by atoms with Gasteiger partial charge in [-0.3, -0.25) is 4.68 Å². The van der Waals surface area contributed by atoms with Crippen LogP contribution < -0.4 is 0 Å². The van der Waals surface area contributed by atoms with Gasteiger partial charge >= 0.3 is 5.97 Å². The number of hydrogen-bond acceptors (Lipinski definition) is 3. The number of nitrogens with zero attached hydrogens (tertiary/aromatic N) is 2. The van der Waals surface area contributed by atoms with Gasteiger partial charge in [0.15, 0.2) is 5.69 Å². The van der Waals surface area contributed by atoms with Crippen molar-refractivity contribution in [2.45, 2.75) is 52.5 Å². The minimum Gasteiger partial charge on any atom is -0.461 e. The van der Waals surface area contributed by atoms with Crippen molar-refractivity contribution in [3.63, 3.8) is 0 Å². The molecule has 0 fully saturated rings.